The normalized spacial score (nSPS) is 21.4. The van der Waals surface area contributed by atoms with E-state index < -0.39 is 17.2 Å². The van der Waals surface area contributed by atoms with Crippen LogP contribution in [-0.4, -0.2) is 17.5 Å². The Morgan fingerprint density at radius 2 is 1.64 bits per heavy atom. The van der Waals surface area contributed by atoms with Gasteiger partial charge in [0.1, 0.15) is 5.60 Å². The second-order valence-corrected chi connectivity index (χ2v) is 8.10. The maximum atomic E-state index is 13.3. The number of benzene rings is 1. The SMILES string of the molecule is Cc1ccc([C@@]2(C(C(=O)OC(C)(C)C)=C3C=CC=CC=C3)CCC(=O)O2)cc1. The lowest BCUT2D eigenvalue weighted by Crippen LogP contribution is -2.37. The quantitative estimate of drug-likeness (QED) is 0.557. The van der Waals surface area contributed by atoms with Crippen LogP contribution in [0.5, 0.6) is 0 Å². The predicted molar refractivity (Wildman–Crippen MR) is 108 cm³/mol. The minimum Gasteiger partial charge on any atom is -0.456 e. The van der Waals surface area contributed by atoms with Crippen LogP contribution in [0, 0.1) is 6.92 Å². The molecule has 0 bridgehead atoms. The lowest BCUT2D eigenvalue weighted by molar-refractivity contribution is -0.156. The van der Waals surface area contributed by atoms with E-state index in [1.165, 1.54) is 0 Å². The number of rotatable bonds is 3. The monoisotopic (exact) mass is 378 g/mol. The van der Waals surface area contributed by atoms with Gasteiger partial charge >= 0.3 is 11.9 Å². The summed E-state index contributed by atoms with van der Waals surface area (Å²) in [5.74, 6) is -0.795. The van der Waals surface area contributed by atoms with Crippen LogP contribution in [0.3, 0.4) is 0 Å². The standard InChI is InChI=1S/C24H26O4/c1-17-11-13-19(14-12-17)24(16-15-20(25)27-24)21(22(26)28-23(2,3)4)18-9-7-5-6-8-10-18/h5-14H,15-16H2,1-4H3/t24-/m1/s1. The molecule has 0 amide bonds. The predicted octanol–water partition coefficient (Wildman–Crippen LogP) is 4.85. The summed E-state index contributed by atoms with van der Waals surface area (Å²) >= 11 is 0. The average molecular weight is 378 g/mol. The van der Waals surface area contributed by atoms with Gasteiger partial charge in [0.25, 0.3) is 0 Å². The highest BCUT2D eigenvalue weighted by atomic mass is 16.6. The van der Waals surface area contributed by atoms with E-state index in [2.05, 4.69) is 0 Å². The smallest absolute Gasteiger partial charge is 0.339 e. The van der Waals surface area contributed by atoms with Gasteiger partial charge in [-0.3, -0.25) is 4.79 Å². The van der Waals surface area contributed by atoms with E-state index in [0.717, 1.165) is 11.1 Å². The van der Waals surface area contributed by atoms with Crippen LogP contribution in [0.15, 0.2) is 71.9 Å². The molecule has 1 heterocycles. The third-order valence-corrected chi connectivity index (χ3v) is 4.67. The van der Waals surface area contributed by atoms with Crippen LogP contribution in [0.1, 0.15) is 44.7 Å². The van der Waals surface area contributed by atoms with Crippen molar-refractivity contribution in [1.29, 1.82) is 0 Å². The first-order valence-corrected chi connectivity index (χ1v) is 9.50. The molecule has 1 aromatic rings. The van der Waals surface area contributed by atoms with Crippen molar-refractivity contribution in [2.24, 2.45) is 0 Å². The highest BCUT2D eigenvalue weighted by molar-refractivity contribution is 5.95. The fourth-order valence-corrected chi connectivity index (χ4v) is 3.43. The number of carbonyl (C=O) groups excluding carboxylic acids is 2. The van der Waals surface area contributed by atoms with Crippen molar-refractivity contribution in [3.63, 3.8) is 0 Å². The van der Waals surface area contributed by atoms with Gasteiger partial charge in [0.05, 0.1) is 12.0 Å². The van der Waals surface area contributed by atoms with Crippen molar-refractivity contribution in [2.75, 3.05) is 0 Å². The summed E-state index contributed by atoms with van der Waals surface area (Å²) in [4.78, 5) is 25.6. The Balaban J connectivity index is 2.23. The zero-order valence-electron chi connectivity index (χ0n) is 16.8. The van der Waals surface area contributed by atoms with Crippen molar-refractivity contribution in [1.82, 2.24) is 0 Å². The third-order valence-electron chi connectivity index (χ3n) is 4.67. The van der Waals surface area contributed by atoms with Gasteiger partial charge < -0.3 is 9.47 Å². The van der Waals surface area contributed by atoms with Gasteiger partial charge in [-0.2, -0.15) is 0 Å². The van der Waals surface area contributed by atoms with Gasteiger partial charge in [0.15, 0.2) is 5.60 Å². The van der Waals surface area contributed by atoms with Gasteiger partial charge in [0, 0.05) is 12.0 Å². The molecule has 1 fully saturated rings. The zero-order valence-corrected chi connectivity index (χ0v) is 16.8. The molecular weight excluding hydrogens is 352 g/mol. The van der Waals surface area contributed by atoms with Gasteiger partial charge in [-0.05, 0) is 33.3 Å². The minimum atomic E-state index is -1.17. The van der Waals surface area contributed by atoms with Gasteiger partial charge in [0.2, 0.25) is 0 Å². The maximum Gasteiger partial charge on any atom is 0.339 e. The number of hydrogen-bond acceptors (Lipinski definition) is 4. The Kier molecular flexibility index (Phi) is 5.41. The second-order valence-electron chi connectivity index (χ2n) is 8.10. The number of hydrogen-bond donors (Lipinski definition) is 0. The summed E-state index contributed by atoms with van der Waals surface area (Å²) in [6.07, 6.45) is 11.8. The van der Waals surface area contributed by atoms with E-state index >= 15 is 0 Å². The number of carbonyl (C=O) groups is 2. The second kappa shape index (κ2) is 7.63. The lowest BCUT2D eigenvalue weighted by atomic mass is 9.80. The Bertz CT molecular complexity index is 874. The van der Waals surface area contributed by atoms with Crippen LogP contribution in [0.2, 0.25) is 0 Å². The van der Waals surface area contributed by atoms with E-state index in [-0.39, 0.29) is 12.4 Å². The van der Waals surface area contributed by atoms with E-state index in [1.807, 2.05) is 88.4 Å². The van der Waals surface area contributed by atoms with Crippen LogP contribution in [0.4, 0.5) is 0 Å². The van der Waals surface area contributed by atoms with Crippen molar-refractivity contribution in [3.8, 4) is 0 Å². The Labute approximate surface area is 166 Å². The molecule has 0 saturated carbocycles. The van der Waals surface area contributed by atoms with Crippen molar-refractivity contribution in [2.45, 2.75) is 51.7 Å². The molecule has 3 rings (SSSR count). The molecule has 1 aromatic carbocycles. The summed E-state index contributed by atoms with van der Waals surface area (Å²) in [6.45, 7) is 7.47. The first-order chi connectivity index (χ1) is 13.2. The molecule has 1 saturated heterocycles. The molecule has 0 N–H and O–H groups in total. The van der Waals surface area contributed by atoms with Gasteiger partial charge in [-0.25, -0.2) is 4.79 Å². The van der Waals surface area contributed by atoms with Crippen LogP contribution < -0.4 is 0 Å². The van der Waals surface area contributed by atoms with Crippen molar-refractivity contribution >= 4 is 11.9 Å². The molecule has 0 unspecified atom stereocenters. The molecule has 1 atom stereocenters. The van der Waals surface area contributed by atoms with Crippen LogP contribution in [0.25, 0.3) is 0 Å². The topological polar surface area (TPSA) is 52.6 Å². The minimum absolute atomic E-state index is 0.249. The van der Waals surface area contributed by atoms with E-state index in [4.69, 9.17) is 9.47 Å². The molecule has 4 heteroatoms. The average Bonchev–Trinajstić information content (AvgIpc) is 2.81. The molecule has 0 radical (unpaired) electrons. The highest BCUT2D eigenvalue weighted by Crippen LogP contribution is 2.45. The van der Waals surface area contributed by atoms with E-state index in [1.54, 1.807) is 0 Å². The highest BCUT2D eigenvalue weighted by Gasteiger charge is 2.50. The number of ether oxygens (including phenoxy) is 2. The summed E-state index contributed by atoms with van der Waals surface area (Å²) in [7, 11) is 0. The van der Waals surface area contributed by atoms with Crippen molar-refractivity contribution in [3.05, 3.63) is 83.0 Å². The molecular formula is C24H26O4. The van der Waals surface area contributed by atoms with Crippen LogP contribution >= 0.6 is 0 Å². The molecule has 0 aromatic heterocycles. The van der Waals surface area contributed by atoms with E-state index in [0.29, 0.717) is 17.6 Å². The summed E-state index contributed by atoms with van der Waals surface area (Å²) in [5.41, 5.74) is 1.06. The lowest BCUT2D eigenvalue weighted by Gasteiger charge is -2.33. The fourth-order valence-electron chi connectivity index (χ4n) is 3.43. The summed E-state index contributed by atoms with van der Waals surface area (Å²) < 4.78 is 11.6. The van der Waals surface area contributed by atoms with Crippen molar-refractivity contribution < 1.29 is 19.1 Å². The molecule has 2 aliphatic rings. The first kappa shape index (κ1) is 19.9. The fraction of sp³-hybridized carbons (Fsp3) is 0.333. The third kappa shape index (κ3) is 4.16. The Hall–Kier alpha value is -2.88. The number of esters is 2. The maximum absolute atomic E-state index is 13.3. The molecule has 28 heavy (non-hydrogen) atoms. The molecule has 4 nitrogen and oxygen atoms in total. The number of allylic oxidation sites excluding steroid dienone is 7. The molecule has 1 aliphatic heterocycles. The molecule has 1 aliphatic carbocycles. The number of cyclic esters (lactones) is 1. The van der Waals surface area contributed by atoms with E-state index in [9.17, 15) is 9.59 Å². The number of aryl methyl sites for hydroxylation is 1. The summed E-state index contributed by atoms with van der Waals surface area (Å²) in [6, 6.07) is 7.75. The molecule has 146 valence electrons. The first-order valence-electron chi connectivity index (χ1n) is 9.50. The Morgan fingerprint density at radius 3 is 2.14 bits per heavy atom. The largest absolute Gasteiger partial charge is 0.456 e. The van der Waals surface area contributed by atoms with Crippen LogP contribution in [-0.2, 0) is 24.7 Å². The molecule has 0 spiro atoms. The summed E-state index contributed by atoms with van der Waals surface area (Å²) in [5, 5.41) is 0. The zero-order chi connectivity index (χ0) is 20.4. The van der Waals surface area contributed by atoms with Gasteiger partial charge in [-0.15, -0.1) is 0 Å². The van der Waals surface area contributed by atoms with Gasteiger partial charge in [-0.1, -0.05) is 66.3 Å². The Morgan fingerprint density at radius 1 is 1.04 bits per heavy atom.